The first-order valence-electron chi connectivity index (χ1n) is 6.14. The van der Waals surface area contributed by atoms with Gasteiger partial charge in [0.1, 0.15) is 0 Å². The van der Waals surface area contributed by atoms with Gasteiger partial charge in [0.15, 0.2) is 0 Å². The number of hydrogen-bond donors (Lipinski definition) is 1. The van der Waals surface area contributed by atoms with E-state index in [1.165, 1.54) is 16.0 Å². The normalized spacial score (nSPS) is 14.4. The molecule has 0 aliphatic rings. The Labute approximate surface area is 118 Å². The highest BCUT2D eigenvalue weighted by molar-refractivity contribution is 7.16. The Bertz CT molecular complexity index is 503. The van der Waals surface area contributed by atoms with Crippen LogP contribution in [0.4, 0.5) is 0 Å². The van der Waals surface area contributed by atoms with Gasteiger partial charge in [-0.3, -0.25) is 0 Å². The fourth-order valence-corrected chi connectivity index (χ4v) is 3.04. The Morgan fingerprint density at radius 3 is 2.22 bits per heavy atom. The van der Waals surface area contributed by atoms with Crippen LogP contribution in [0.2, 0.25) is 4.34 Å². The first kappa shape index (κ1) is 13.6. The topological polar surface area (TPSA) is 12.0 Å². The van der Waals surface area contributed by atoms with Crippen LogP contribution in [0.5, 0.6) is 0 Å². The van der Waals surface area contributed by atoms with Crippen molar-refractivity contribution in [2.75, 3.05) is 0 Å². The molecule has 0 spiro atoms. The Balaban J connectivity index is 2.02. The molecule has 2 atom stereocenters. The van der Waals surface area contributed by atoms with E-state index in [9.17, 15) is 0 Å². The lowest BCUT2D eigenvalue weighted by molar-refractivity contribution is 0.500. The van der Waals surface area contributed by atoms with E-state index >= 15 is 0 Å². The Hall–Kier alpha value is -0.830. The predicted octanol–water partition coefficient (Wildman–Crippen LogP) is 5.12. The monoisotopic (exact) mass is 279 g/mol. The van der Waals surface area contributed by atoms with Crippen molar-refractivity contribution >= 4 is 22.9 Å². The molecule has 0 bridgehead atoms. The number of rotatable bonds is 4. The van der Waals surface area contributed by atoms with Gasteiger partial charge in [-0.15, -0.1) is 11.3 Å². The molecule has 96 valence electrons. The van der Waals surface area contributed by atoms with Gasteiger partial charge in [-0.25, -0.2) is 0 Å². The van der Waals surface area contributed by atoms with E-state index in [0.29, 0.717) is 12.1 Å². The van der Waals surface area contributed by atoms with Crippen LogP contribution in [0, 0.1) is 6.92 Å². The van der Waals surface area contributed by atoms with Crippen LogP contribution < -0.4 is 5.32 Å². The summed E-state index contributed by atoms with van der Waals surface area (Å²) in [6.07, 6.45) is 0. The smallest absolute Gasteiger partial charge is 0.0931 e. The zero-order valence-corrected chi connectivity index (χ0v) is 12.5. The number of halogens is 1. The average Bonchev–Trinajstić information content (AvgIpc) is 2.76. The minimum atomic E-state index is 0.318. The second-order valence-electron chi connectivity index (χ2n) is 4.66. The summed E-state index contributed by atoms with van der Waals surface area (Å²) < 4.78 is 0.849. The van der Waals surface area contributed by atoms with Crippen LogP contribution in [0.1, 0.15) is 41.9 Å². The van der Waals surface area contributed by atoms with Crippen molar-refractivity contribution in [2.45, 2.75) is 32.9 Å². The molecule has 0 radical (unpaired) electrons. The maximum absolute atomic E-state index is 5.97. The van der Waals surface area contributed by atoms with Crippen LogP contribution in [-0.4, -0.2) is 0 Å². The third-order valence-corrected chi connectivity index (χ3v) is 4.51. The van der Waals surface area contributed by atoms with Crippen molar-refractivity contribution in [3.05, 3.63) is 56.7 Å². The Morgan fingerprint density at radius 1 is 1.00 bits per heavy atom. The molecule has 1 aromatic heterocycles. The van der Waals surface area contributed by atoms with Gasteiger partial charge >= 0.3 is 0 Å². The van der Waals surface area contributed by atoms with Crippen LogP contribution >= 0.6 is 22.9 Å². The molecule has 0 saturated carbocycles. The van der Waals surface area contributed by atoms with Crippen molar-refractivity contribution in [3.63, 3.8) is 0 Å². The number of nitrogens with one attached hydrogen (secondary N) is 1. The molecular formula is C15H18ClNS. The van der Waals surface area contributed by atoms with Gasteiger partial charge in [-0.2, -0.15) is 0 Å². The summed E-state index contributed by atoms with van der Waals surface area (Å²) in [5, 5.41) is 3.60. The zero-order valence-electron chi connectivity index (χ0n) is 10.9. The second kappa shape index (κ2) is 5.87. The van der Waals surface area contributed by atoms with E-state index < -0.39 is 0 Å². The van der Waals surface area contributed by atoms with E-state index in [2.05, 4.69) is 56.4 Å². The van der Waals surface area contributed by atoms with Crippen molar-refractivity contribution in [1.82, 2.24) is 5.32 Å². The molecule has 2 rings (SSSR count). The third kappa shape index (κ3) is 3.35. The van der Waals surface area contributed by atoms with Gasteiger partial charge in [-0.1, -0.05) is 41.4 Å². The number of aryl methyl sites for hydroxylation is 1. The van der Waals surface area contributed by atoms with Crippen molar-refractivity contribution < 1.29 is 0 Å². The van der Waals surface area contributed by atoms with Crippen molar-refractivity contribution in [1.29, 1.82) is 0 Å². The molecule has 1 N–H and O–H groups in total. The summed E-state index contributed by atoms with van der Waals surface area (Å²) in [5.74, 6) is 0. The third-order valence-electron chi connectivity index (χ3n) is 3.10. The molecule has 1 heterocycles. The van der Waals surface area contributed by atoms with Crippen LogP contribution in [0.3, 0.4) is 0 Å². The lowest BCUT2D eigenvalue weighted by Gasteiger charge is -2.19. The van der Waals surface area contributed by atoms with Crippen molar-refractivity contribution in [3.8, 4) is 0 Å². The summed E-state index contributed by atoms with van der Waals surface area (Å²) in [7, 11) is 0. The van der Waals surface area contributed by atoms with Gasteiger partial charge in [-0.05, 0) is 38.5 Å². The summed E-state index contributed by atoms with van der Waals surface area (Å²) in [5.41, 5.74) is 2.61. The highest BCUT2D eigenvalue weighted by Crippen LogP contribution is 2.28. The molecule has 18 heavy (non-hydrogen) atoms. The highest BCUT2D eigenvalue weighted by Gasteiger charge is 2.12. The quantitative estimate of drug-likeness (QED) is 0.819. The second-order valence-corrected chi connectivity index (χ2v) is 6.41. The highest BCUT2D eigenvalue weighted by atomic mass is 35.5. The van der Waals surface area contributed by atoms with E-state index in [-0.39, 0.29) is 0 Å². The number of thiophene rings is 1. The average molecular weight is 280 g/mol. The predicted molar refractivity (Wildman–Crippen MR) is 80.5 cm³/mol. The minimum absolute atomic E-state index is 0.318. The molecule has 1 nitrogen and oxygen atoms in total. The standard InChI is InChI=1S/C15H18ClNS/c1-10-4-6-13(7-5-10)11(2)17-12(3)14-8-9-15(16)18-14/h4-9,11-12,17H,1-3H3/t11-,12?/m0/s1. The van der Waals surface area contributed by atoms with Gasteiger partial charge in [0.25, 0.3) is 0 Å². The summed E-state index contributed by atoms with van der Waals surface area (Å²) >= 11 is 7.60. The molecule has 1 aromatic carbocycles. The molecule has 0 amide bonds. The van der Waals surface area contributed by atoms with Crippen LogP contribution in [0.15, 0.2) is 36.4 Å². The van der Waals surface area contributed by atoms with Gasteiger partial charge in [0.05, 0.1) is 4.34 Å². The van der Waals surface area contributed by atoms with E-state index in [1.54, 1.807) is 11.3 Å². The van der Waals surface area contributed by atoms with Crippen LogP contribution in [0.25, 0.3) is 0 Å². The maximum atomic E-state index is 5.97. The van der Waals surface area contributed by atoms with Gasteiger partial charge in [0.2, 0.25) is 0 Å². The minimum Gasteiger partial charge on any atom is -0.303 e. The SMILES string of the molecule is Cc1ccc([C@H](C)NC(C)c2ccc(Cl)s2)cc1. The molecule has 0 saturated heterocycles. The molecule has 0 aliphatic carbocycles. The summed E-state index contributed by atoms with van der Waals surface area (Å²) in [6, 6.07) is 13.4. The molecular weight excluding hydrogens is 262 g/mol. The lowest BCUT2D eigenvalue weighted by Crippen LogP contribution is -2.21. The van der Waals surface area contributed by atoms with Gasteiger partial charge < -0.3 is 5.32 Å². The molecule has 2 aromatic rings. The van der Waals surface area contributed by atoms with Crippen molar-refractivity contribution in [2.24, 2.45) is 0 Å². The summed E-state index contributed by atoms with van der Waals surface area (Å²) in [4.78, 5) is 1.28. The fraction of sp³-hybridized carbons (Fsp3) is 0.333. The summed E-state index contributed by atoms with van der Waals surface area (Å²) in [6.45, 7) is 6.47. The maximum Gasteiger partial charge on any atom is 0.0931 e. The fourth-order valence-electron chi connectivity index (χ4n) is 1.97. The Kier molecular flexibility index (Phi) is 4.44. The molecule has 1 unspecified atom stereocenters. The number of benzene rings is 1. The zero-order chi connectivity index (χ0) is 13.1. The largest absolute Gasteiger partial charge is 0.303 e. The molecule has 0 fully saturated rings. The van der Waals surface area contributed by atoms with Crippen LogP contribution in [-0.2, 0) is 0 Å². The first-order chi connectivity index (χ1) is 8.56. The van der Waals surface area contributed by atoms with E-state index in [0.717, 1.165) is 4.34 Å². The van der Waals surface area contributed by atoms with E-state index in [4.69, 9.17) is 11.6 Å². The number of hydrogen-bond acceptors (Lipinski definition) is 2. The molecule has 0 aliphatic heterocycles. The first-order valence-corrected chi connectivity index (χ1v) is 7.33. The van der Waals surface area contributed by atoms with Gasteiger partial charge in [0, 0.05) is 17.0 Å². The molecule has 3 heteroatoms. The Morgan fingerprint density at radius 2 is 1.67 bits per heavy atom. The lowest BCUT2D eigenvalue weighted by atomic mass is 10.1. The van der Waals surface area contributed by atoms with E-state index in [1.807, 2.05) is 6.07 Å².